The van der Waals surface area contributed by atoms with Crippen LogP contribution in [0.25, 0.3) is 5.52 Å². The van der Waals surface area contributed by atoms with Gasteiger partial charge in [-0.15, -0.1) is 0 Å². The molecule has 112 valence electrons. The van der Waals surface area contributed by atoms with Crippen LogP contribution in [0.2, 0.25) is 0 Å². The Morgan fingerprint density at radius 3 is 2.77 bits per heavy atom. The normalized spacial score (nSPS) is 16.1. The highest BCUT2D eigenvalue weighted by molar-refractivity contribution is 5.68. The lowest BCUT2D eigenvalue weighted by molar-refractivity contribution is 0.522. The van der Waals surface area contributed by atoms with Crippen molar-refractivity contribution in [3.63, 3.8) is 0 Å². The summed E-state index contributed by atoms with van der Waals surface area (Å²) in [7, 11) is 0. The first kappa shape index (κ1) is 13.0. The minimum absolute atomic E-state index is 0.441. The number of nitrogens with zero attached hydrogens (tertiary/aromatic N) is 6. The summed E-state index contributed by atoms with van der Waals surface area (Å²) in [6.07, 6.45) is 10.9. The van der Waals surface area contributed by atoms with Gasteiger partial charge in [0.15, 0.2) is 5.82 Å². The Morgan fingerprint density at radius 1 is 1.05 bits per heavy atom. The van der Waals surface area contributed by atoms with Gasteiger partial charge >= 0.3 is 0 Å². The van der Waals surface area contributed by atoms with Gasteiger partial charge in [0.25, 0.3) is 0 Å². The van der Waals surface area contributed by atoms with Crippen molar-refractivity contribution in [3.05, 3.63) is 43.2 Å². The number of anilines is 2. The molecule has 3 aromatic heterocycles. The zero-order valence-corrected chi connectivity index (χ0v) is 12.1. The second-order valence-electron chi connectivity index (χ2n) is 5.41. The Kier molecular flexibility index (Phi) is 3.30. The maximum atomic E-state index is 4.54. The van der Waals surface area contributed by atoms with Crippen molar-refractivity contribution in [2.75, 3.05) is 23.3 Å². The van der Waals surface area contributed by atoms with Gasteiger partial charge in [0.05, 0.1) is 6.20 Å². The van der Waals surface area contributed by atoms with E-state index < -0.39 is 0 Å². The predicted octanol–water partition coefficient (Wildman–Crippen LogP) is 1.60. The van der Waals surface area contributed by atoms with Crippen LogP contribution in [-0.4, -0.2) is 43.7 Å². The molecule has 1 aliphatic rings. The summed E-state index contributed by atoms with van der Waals surface area (Å²) in [5.41, 5.74) is 1.06. The van der Waals surface area contributed by atoms with Gasteiger partial charge in [-0.1, -0.05) is 0 Å². The van der Waals surface area contributed by atoms with Crippen molar-refractivity contribution in [1.29, 1.82) is 0 Å². The Morgan fingerprint density at radius 2 is 1.95 bits per heavy atom. The van der Waals surface area contributed by atoms with Gasteiger partial charge in [-0.3, -0.25) is 0 Å². The molecule has 7 heteroatoms. The third-order valence-corrected chi connectivity index (χ3v) is 4.03. The summed E-state index contributed by atoms with van der Waals surface area (Å²) in [5.74, 6) is 1.91. The van der Waals surface area contributed by atoms with Crippen molar-refractivity contribution >= 4 is 17.2 Å². The van der Waals surface area contributed by atoms with Crippen LogP contribution in [0.1, 0.15) is 12.8 Å². The van der Waals surface area contributed by atoms with Crippen LogP contribution in [-0.2, 0) is 0 Å². The lowest BCUT2D eigenvalue weighted by Crippen LogP contribution is -2.39. The molecule has 0 atom stereocenters. The molecule has 0 radical (unpaired) electrons. The number of aromatic nitrogens is 5. The lowest BCUT2D eigenvalue weighted by Gasteiger charge is -2.33. The van der Waals surface area contributed by atoms with Crippen LogP contribution in [0.4, 0.5) is 11.6 Å². The highest BCUT2D eigenvalue weighted by Crippen LogP contribution is 2.23. The van der Waals surface area contributed by atoms with E-state index in [0.717, 1.165) is 43.1 Å². The molecule has 0 saturated carbocycles. The van der Waals surface area contributed by atoms with E-state index in [1.807, 2.05) is 29.0 Å². The van der Waals surface area contributed by atoms with Crippen LogP contribution < -0.4 is 10.2 Å². The molecule has 0 spiro atoms. The molecule has 1 saturated heterocycles. The zero-order valence-electron chi connectivity index (χ0n) is 12.1. The summed E-state index contributed by atoms with van der Waals surface area (Å²) in [5, 5.41) is 7.74. The maximum Gasteiger partial charge on any atom is 0.154 e. The number of piperidine rings is 1. The van der Waals surface area contributed by atoms with Crippen LogP contribution >= 0.6 is 0 Å². The van der Waals surface area contributed by atoms with Gasteiger partial charge < -0.3 is 10.2 Å². The lowest BCUT2D eigenvalue weighted by atomic mass is 10.1. The first-order valence-corrected chi connectivity index (χ1v) is 7.46. The van der Waals surface area contributed by atoms with Crippen molar-refractivity contribution in [1.82, 2.24) is 24.6 Å². The first-order valence-electron chi connectivity index (χ1n) is 7.46. The summed E-state index contributed by atoms with van der Waals surface area (Å²) in [6, 6.07) is 4.35. The van der Waals surface area contributed by atoms with Crippen LogP contribution in [0, 0.1) is 0 Å². The summed E-state index contributed by atoms with van der Waals surface area (Å²) in [6.45, 7) is 1.95. The molecule has 1 N–H and O–H groups in total. The summed E-state index contributed by atoms with van der Waals surface area (Å²) in [4.78, 5) is 15.0. The zero-order chi connectivity index (χ0) is 14.8. The highest BCUT2D eigenvalue weighted by Gasteiger charge is 2.21. The van der Waals surface area contributed by atoms with Crippen molar-refractivity contribution in [2.24, 2.45) is 0 Å². The molecular weight excluding hydrogens is 278 g/mol. The van der Waals surface area contributed by atoms with E-state index in [0.29, 0.717) is 6.04 Å². The van der Waals surface area contributed by atoms with Gasteiger partial charge in [0.2, 0.25) is 0 Å². The Hall–Kier alpha value is -2.70. The van der Waals surface area contributed by atoms with Gasteiger partial charge in [0.1, 0.15) is 17.7 Å². The third kappa shape index (κ3) is 2.45. The Balaban J connectivity index is 1.45. The number of nitrogens with one attached hydrogen (secondary N) is 1. The molecule has 1 fully saturated rings. The molecule has 0 aromatic carbocycles. The van der Waals surface area contributed by atoms with Crippen LogP contribution in [0.3, 0.4) is 0 Å². The van der Waals surface area contributed by atoms with Crippen molar-refractivity contribution < 1.29 is 0 Å². The number of hydrogen-bond donors (Lipinski definition) is 1. The molecular formula is C15H17N7. The van der Waals surface area contributed by atoms with Gasteiger partial charge in [-0.05, 0) is 25.0 Å². The predicted molar refractivity (Wildman–Crippen MR) is 83.9 cm³/mol. The third-order valence-electron chi connectivity index (χ3n) is 4.03. The second kappa shape index (κ2) is 5.59. The quantitative estimate of drug-likeness (QED) is 0.791. The minimum Gasteiger partial charge on any atom is -0.367 e. The largest absolute Gasteiger partial charge is 0.367 e. The molecule has 0 unspecified atom stereocenters. The molecule has 7 nitrogen and oxygen atoms in total. The maximum absolute atomic E-state index is 4.54. The second-order valence-corrected chi connectivity index (χ2v) is 5.41. The fourth-order valence-electron chi connectivity index (χ4n) is 2.91. The molecule has 4 heterocycles. The highest BCUT2D eigenvalue weighted by atomic mass is 15.3. The van der Waals surface area contributed by atoms with Gasteiger partial charge in [-0.2, -0.15) is 5.10 Å². The molecule has 0 aliphatic carbocycles. The SMILES string of the molecule is c1cc(NC2CCN(c3nccn4nccc34)CC2)ncn1. The summed E-state index contributed by atoms with van der Waals surface area (Å²) >= 11 is 0. The molecule has 4 rings (SSSR count). The van der Waals surface area contributed by atoms with E-state index in [-0.39, 0.29) is 0 Å². The van der Waals surface area contributed by atoms with E-state index in [9.17, 15) is 0 Å². The van der Waals surface area contributed by atoms with E-state index in [2.05, 4.69) is 30.3 Å². The Labute approximate surface area is 128 Å². The standard InChI is InChI=1S/C15H17N7/c1-6-19-22-10-7-17-15(13(1)22)21-8-3-12(4-9-21)20-14-2-5-16-11-18-14/h1-2,5-7,10-12H,3-4,8-9H2,(H,16,18,20). The van der Waals surface area contributed by atoms with Gasteiger partial charge in [0, 0.05) is 37.7 Å². The molecule has 1 aliphatic heterocycles. The van der Waals surface area contributed by atoms with Gasteiger partial charge in [-0.25, -0.2) is 19.5 Å². The van der Waals surface area contributed by atoms with Crippen LogP contribution in [0.15, 0.2) is 43.2 Å². The first-order chi connectivity index (χ1) is 10.9. The van der Waals surface area contributed by atoms with E-state index in [4.69, 9.17) is 0 Å². The van der Waals surface area contributed by atoms with Crippen molar-refractivity contribution in [3.8, 4) is 0 Å². The number of fused-ring (bicyclic) bond motifs is 1. The van der Waals surface area contributed by atoms with E-state index in [1.54, 1.807) is 18.7 Å². The van der Waals surface area contributed by atoms with E-state index >= 15 is 0 Å². The fourth-order valence-corrected chi connectivity index (χ4v) is 2.91. The summed E-state index contributed by atoms with van der Waals surface area (Å²) < 4.78 is 1.87. The molecule has 22 heavy (non-hydrogen) atoms. The topological polar surface area (TPSA) is 71.2 Å². The van der Waals surface area contributed by atoms with Crippen molar-refractivity contribution in [2.45, 2.75) is 18.9 Å². The monoisotopic (exact) mass is 295 g/mol. The smallest absolute Gasteiger partial charge is 0.154 e. The van der Waals surface area contributed by atoms with E-state index in [1.165, 1.54) is 0 Å². The molecule has 0 amide bonds. The molecule has 0 bridgehead atoms. The fraction of sp³-hybridized carbons (Fsp3) is 0.333. The Bertz CT molecular complexity index is 747. The number of rotatable bonds is 3. The number of hydrogen-bond acceptors (Lipinski definition) is 6. The average molecular weight is 295 g/mol. The average Bonchev–Trinajstić information content (AvgIpc) is 3.05. The molecule has 3 aromatic rings. The minimum atomic E-state index is 0.441. The van der Waals surface area contributed by atoms with Crippen LogP contribution in [0.5, 0.6) is 0 Å².